The number of benzene rings is 1. The van der Waals surface area contributed by atoms with E-state index < -0.39 is 6.17 Å². The van der Waals surface area contributed by atoms with E-state index in [0.717, 1.165) is 16.6 Å². The molecule has 0 saturated carbocycles. The molecule has 2 heterocycles. The SMILES string of the molecule is Cc1nn(C2=CC([N+](=O)[O-])NC=C2)c2ccccc12. The second kappa shape index (κ2) is 4.24. The Kier molecular flexibility index (Phi) is 2.56. The van der Waals surface area contributed by atoms with Crippen LogP contribution in [0.25, 0.3) is 16.6 Å². The van der Waals surface area contributed by atoms with Gasteiger partial charge in [0.1, 0.15) is 0 Å². The highest BCUT2D eigenvalue weighted by Gasteiger charge is 2.20. The molecule has 6 nitrogen and oxygen atoms in total. The molecule has 6 heteroatoms. The van der Waals surface area contributed by atoms with E-state index in [1.165, 1.54) is 0 Å². The first-order chi connectivity index (χ1) is 9.16. The Bertz CT molecular complexity index is 715. The quantitative estimate of drug-likeness (QED) is 0.658. The van der Waals surface area contributed by atoms with Crippen molar-refractivity contribution in [2.24, 2.45) is 0 Å². The molecule has 0 aliphatic carbocycles. The Morgan fingerprint density at radius 1 is 1.42 bits per heavy atom. The van der Waals surface area contributed by atoms with E-state index in [1.54, 1.807) is 23.0 Å². The van der Waals surface area contributed by atoms with Gasteiger partial charge in [-0.2, -0.15) is 5.10 Å². The molecule has 96 valence electrons. The molecular weight excluding hydrogens is 244 g/mol. The van der Waals surface area contributed by atoms with Crippen molar-refractivity contribution < 1.29 is 4.92 Å². The molecule has 1 atom stereocenters. The topological polar surface area (TPSA) is 73.0 Å². The summed E-state index contributed by atoms with van der Waals surface area (Å²) in [5, 5.41) is 19.0. The monoisotopic (exact) mass is 256 g/mol. The van der Waals surface area contributed by atoms with E-state index in [-0.39, 0.29) is 4.92 Å². The third kappa shape index (κ3) is 1.87. The summed E-state index contributed by atoms with van der Waals surface area (Å²) in [7, 11) is 0. The summed E-state index contributed by atoms with van der Waals surface area (Å²) >= 11 is 0. The van der Waals surface area contributed by atoms with Gasteiger partial charge in [-0.25, -0.2) is 4.68 Å². The van der Waals surface area contributed by atoms with Gasteiger partial charge in [0.15, 0.2) is 0 Å². The molecule has 0 saturated heterocycles. The Morgan fingerprint density at radius 2 is 2.21 bits per heavy atom. The Morgan fingerprint density at radius 3 is 3.00 bits per heavy atom. The Labute approximate surface area is 109 Å². The fraction of sp³-hybridized carbons (Fsp3) is 0.154. The summed E-state index contributed by atoms with van der Waals surface area (Å²) in [5.41, 5.74) is 2.55. The molecule has 3 rings (SSSR count). The van der Waals surface area contributed by atoms with Crippen LogP contribution < -0.4 is 5.32 Å². The van der Waals surface area contributed by atoms with Crippen molar-refractivity contribution in [3.8, 4) is 0 Å². The second-order valence-electron chi connectivity index (χ2n) is 4.34. The molecule has 0 spiro atoms. The van der Waals surface area contributed by atoms with Crippen LogP contribution in [0, 0.1) is 17.0 Å². The van der Waals surface area contributed by atoms with Crippen molar-refractivity contribution in [3.05, 3.63) is 58.4 Å². The highest BCUT2D eigenvalue weighted by Crippen LogP contribution is 2.22. The summed E-state index contributed by atoms with van der Waals surface area (Å²) < 4.78 is 1.73. The average molecular weight is 256 g/mol. The van der Waals surface area contributed by atoms with Gasteiger partial charge < -0.3 is 5.32 Å². The van der Waals surface area contributed by atoms with E-state index in [0.29, 0.717) is 5.70 Å². The van der Waals surface area contributed by atoms with Crippen LogP contribution in [0.1, 0.15) is 5.69 Å². The fourth-order valence-electron chi connectivity index (χ4n) is 2.18. The number of hydrogen-bond acceptors (Lipinski definition) is 4. The zero-order valence-corrected chi connectivity index (χ0v) is 10.3. The Balaban J connectivity index is 2.14. The third-order valence-electron chi connectivity index (χ3n) is 3.09. The highest BCUT2D eigenvalue weighted by atomic mass is 16.6. The van der Waals surface area contributed by atoms with E-state index in [9.17, 15) is 10.1 Å². The van der Waals surface area contributed by atoms with Crippen molar-refractivity contribution in [2.75, 3.05) is 0 Å². The summed E-state index contributed by atoms with van der Waals surface area (Å²) in [4.78, 5) is 10.5. The summed E-state index contributed by atoms with van der Waals surface area (Å²) in [6.07, 6.45) is 4.00. The lowest BCUT2D eigenvalue weighted by atomic mass is 10.2. The molecular formula is C13H12N4O2. The van der Waals surface area contributed by atoms with Crippen LogP contribution in [0.5, 0.6) is 0 Å². The zero-order valence-electron chi connectivity index (χ0n) is 10.3. The minimum Gasteiger partial charge on any atom is -0.327 e. The molecule has 19 heavy (non-hydrogen) atoms. The molecule has 0 bridgehead atoms. The van der Waals surface area contributed by atoms with E-state index in [2.05, 4.69) is 10.4 Å². The molecule has 1 aliphatic rings. The summed E-state index contributed by atoms with van der Waals surface area (Å²) in [5.74, 6) is 0. The number of nitrogens with one attached hydrogen (secondary N) is 1. The zero-order chi connectivity index (χ0) is 13.4. The standard InChI is InChI=1S/C13H12N4O2/c1-9-11-4-2-3-5-12(11)16(15-9)10-6-7-14-13(8-10)17(18)19/h2-8,13-14H,1H3. The predicted molar refractivity (Wildman–Crippen MR) is 71.8 cm³/mol. The lowest BCUT2D eigenvalue weighted by molar-refractivity contribution is -0.514. The van der Waals surface area contributed by atoms with Crippen LogP contribution in [-0.2, 0) is 0 Å². The van der Waals surface area contributed by atoms with Crippen molar-refractivity contribution in [3.63, 3.8) is 0 Å². The van der Waals surface area contributed by atoms with Gasteiger partial charge in [-0.05, 0) is 19.1 Å². The molecule has 1 aliphatic heterocycles. The lowest BCUT2D eigenvalue weighted by Crippen LogP contribution is -2.33. The van der Waals surface area contributed by atoms with Gasteiger partial charge in [-0.15, -0.1) is 0 Å². The minimum atomic E-state index is -0.914. The maximum absolute atomic E-state index is 10.8. The molecule has 1 aromatic heterocycles. The van der Waals surface area contributed by atoms with Gasteiger partial charge >= 0.3 is 6.17 Å². The van der Waals surface area contributed by atoms with E-state index >= 15 is 0 Å². The number of dihydropyridines is 1. The number of allylic oxidation sites excluding steroid dienone is 2. The van der Waals surface area contributed by atoms with Crippen LogP contribution in [0.2, 0.25) is 0 Å². The van der Waals surface area contributed by atoms with Crippen LogP contribution in [-0.4, -0.2) is 20.9 Å². The van der Waals surface area contributed by atoms with Gasteiger partial charge in [0, 0.05) is 22.6 Å². The molecule has 0 radical (unpaired) electrons. The van der Waals surface area contributed by atoms with Crippen LogP contribution in [0.3, 0.4) is 0 Å². The maximum atomic E-state index is 10.8. The van der Waals surface area contributed by atoms with Gasteiger partial charge in [0.2, 0.25) is 0 Å². The first-order valence-corrected chi connectivity index (χ1v) is 5.89. The van der Waals surface area contributed by atoms with Crippen LogP contribution >= 0.6 is 0 Å². The van der Waals surface area contributed by atoms with Gasteiger partial charge in [0.05, 0.1) is 16.9 Å². The van der Waals surface area contributed by atoms with Gasteiger partial charge in [0.25, 0.3) is 0 Å². The molecule has 0 amide bonds. The van der Waals surface area contributed by atoms with Gasteiger partial charge in [-0.3, -0.25) is 10.1 Å². The van der Waals surface area contributed by atoms with Crippen molar-refractivity contribution in [1.82, 2.24) is 15.1 Å². The minimum absolute atomic E-state index is 0.373. The maximum Gasteiger partial charge on any atom is 0.305 e. The number of nitrogens with zero attached hydrogens (tertiary/aromatic N) is 3. The summed E-state index contributed by atoms with van der Waals surface area (Å²) in [6, 6.07) is 7.82. The average Bonchev–Trinajstić information content (AvgIpc) is 2.77. The smallest absolute Gasteiger partial charge is 0.305 e. The number of fused-ring (bicyclic) bond motifs is 1. The molecule has 0 fully saturated rings. The van der Waals surface area contributed by atoms with Gasteiger partial charge in [-0.1, -0.05) is 18.2 Å². The third-order valence-corrected chi connectivity index (χ3v) is 3.09. The number of aromatic nitrogens is 2. The first kappa shape index (κ1) is 11.5. The number of para-hydroxylation sites is 1. The molecule has 2 aromatic rings. The number of hydrogen-bond donors (Lipinski definition) is 1. The highest BCUT2D eigenvalue weighted by molar-refractivity contribution is 5.85. The van der Waals surface area contributed by atoms with Crippen LogP contribution in [0.4, 0.5) is 0 Å². The second-order valence-corrected chi connectivity index (χ2v) is 4.34. The number of rotatable bonds is 2. The van der Waals surface area contributed by atoms with Crippen molar-refractivity contribution in [2.45, 2.75) is 13.1 Å². The van der Waals surface area contributed by atoms with Crippen LogP contribution in [0.15, 0.2) is 42.6 Å². The molecule has 1 N–H and O–H groups in total. The molecule has 1 aromatic carbocycles. The normalized spacial score (nSPS) is 18.2. The first-order valence-electron chi connectivity index (χ1n) is 5.89. The van der Waals surface area contributed by atoms with Crippen molar-refractivity contribution >= 4 is 16.6 Å². The number of aryl methyl sites for hydroxylation is 1. The van der Waals surface area contributed by atoms with E-state index in [1.807, 2.05) is 31.2 Å². The predicted octanol–water partition coefficient (Wildman–Crippen LogP) is 1.91. The van der Waals surface area contributed by atoms with Crippen molar-refractivity contribution in [1.29, 1.82) is 0 Å². The Hall–Kier alpha value is -2.63. The lowest BCUT2D eigenvalue weighted by Gasteiger charge is -2.13. The molecule has 1 unspecified atom stereocenters. The van der Waals surface area contributed by atoms with E-state index in [4.69, 9.17) is 0 Å². The fourth-order valence-corrected chi connectivity index (χ4v) is 2.18. The summed E-state index contributed by atoms with van der Waals surface area (Å²) in [6.45, 7) is 1.93. The number of nitro groups is 1. The largest absolute Gasteiger partial charge is 0.327 e.